The van der Waals surface area contributed by atoms with Crippen LogP contribution in [-0.2, 0) is 0 Å². The van der Waals surface area contributed by atoms with Crippen molar-refractivity contribution in [3.05, 3.63) is 52.8 Å². The van der Waals surface area contributed by atoms with Crippen molar-refractivity contribution in [2.45, 2.75) is 20.8 Å². The molecule has 90 valence electrons. The van der Waals surface area contributed by atoms with Gasteiger partial charge in [-0.25, -0.2) is 0 Å². The number of pyridine rings is 1. The molecule has 2 aromatic rings. The third kappa shape index (κ3) is 2.18. The summed E-state index contributed by atoms with van der Waals surface area (Å²) in [6, 6.07) is 7.83. The number of rotatable bonds is 2. The first kappa shape index (κ1) is 12.1. The average molecular weight is 238 g/mol. The van der Waals surface area contributed by atoms with Crippen LogP contribution in [0.4, 0.5) is 0 Å². The van der Waals surface area contributed by atoms with Gasteiger partial charge in [-0.3, -0.25) is 4.98 Å². The van der Waals surface area contributed by atoms with Crippen LogP contribution < -0.4 is 4.74 Å². The second kappa shape index (κ2) is 4.89. The summed E-state index contributed by atoms with van der Waals surface area (Å²) in [6.07, 6.45) is 3.15. The van der Waals surface area contributed by atoms with Gasteiger partial charge in [0.15, 0.2) is 5.75 Å². The Morgan fingerprint density at radius 2 is 1.83 bits per heavy atom. The Morgan fingerprint density at radius 3 is 2.56 bits per heavy atom. The van der Waals surface area contributed by atoms with Crippen LogP contribution in [0.2, 0.25) is 0 Å². The Balaban J connectivity index is 2.47. The van der Waals surface area contributed by atoms with Crippen molar-refractivity contribution >= 4 is 0 Å². The van der Waals surface area contributed by atoms with Gasteiger partial charge in [0, 0.05) is 6.20 Å². The summed E-state index contributed by atoms with van der Waals surface area (Å²) in [5, 5.41) is 9.03. The van der Waals surface area contributed by atoms with E-state index in [1.54, 1.807) is 18.5 Å². The highest BCUT2D eigenvalue weighted by molar-refractivity contribution is 5.49. The SMILES string of the molecule is Cc1ccc(C)c(Oc2cnccc2C#N)c1C. The maximum absolute atomic E-state index is 9.03. The van der Waals surface area contributed by atoms with Gasteiger partial charge in [0.05, 0.1) is 11.8 Å². The predicted octanol–water partition coefficient (Wildman–Crippen LogP) is 3.67. The highest BCUT2D eigenvalue weighted by Crippen LogP contribution is 2.31. The van der Waals surface area contributed by atoms with Gasteiger partial charge >= 0.3 is 0 Å². The third-order valence-electron chi connectivity index (χ3n) is 2.99. The molecule has 0 fully saturated rings. The second-order valence-electron chi connectivity index (χ2n) is 4.24. The molecule has 0 spiro atoms. The standard InChI is InChI=1S/C15H14N2O/c1-10-4-5-11(2)15(12(10)3)18-14-9-17-7-6-13(14)8-16/h4-7,9H,1-3H3. The Bertz CT molecular complexity index is 627. The number of nitrogens with zero attached hydrogens (tertiary/aromatic N) is 2. The highest BCUT2D eigenvalue weighted by atomic mass is 16.5. The lowest BCUT2D eigenvalue weighted by atomic mass is 10.1. The normalized spacial score (nSPS) is 9.89. The molecule has 3 heteroatoms. The summed E-state index contributed by atoms with van der Waals surface area (Å²) in [5.41, 5.74) is 3.79. The summed E-state index contributed by atoms with van der Waals surface area (Å²) in [5.74, 6) is 1.30. The molecule has 3 nitrogen and oxygen atoms in total. The molecule has 0 unspecified atom stereocenters. The van der Waals surface area contributed by atoms with E-state index in [0.717, 1.165) is 22.4 Å². The smallest absolute Gasteiger partial charge is 0.163 e. The quantitative estimate of drug-likeness (QED) is 0.801. The molecule has 0 aliphatic carbocycles. The van der Waals surface area contributed by atoms with Crippen molar-refractivity contribution in [1.82, 2.24) is 4.98 Å². The minimum absolute atomic E-state index is 0.491. The van der Waals surface area contributed by atoms with Crippen molar-refractivity contribution in [3.8, 4) is 17.6 Å². The van der Waals surface area contributed by atoms with Crippen LogP contribution in [0.5, 0.6) is 11.5 Å². The first-order valence-electron chi connectivity index (χ1n) is 5.72. The van der Waals surface area contributed by atoms with E-state index in [2.05, 4.69) is 17.1 Å². The lowest BCUT2D eigenvalue weighted by molar-refractivity contribution is 0.470. The average Bonchev–Trinajstić information content (AvgIpc) is 2.39. The van der Waals surface area contributed by atoms with Crippen LogP contribution in [0.25, 0.3) is 0 Å². The van der Waals surface area contributed by atoms with Gasteiger partial charge in [-0.1, -0.05) is 12.1 Å². The Morgan fingerprint density at radius 1 is 1.11 bits per heavy atom. The van der Waals surface area contributed by atoms with E-state index >= 15 is 0 Å². The minimum atomic E-state index is 0.491. The summed E-state index contributed by atoms with van der Waals surface area (Å²) in [7, 11) is 0. The van der Waals surface area contributed by atoms with Crippen LogP contribution >= 0.6 is 0 Å². The van der Waals surface area contributed by atoms with Crippen molar-refractivity contribution in [3.63, 3.8) is 0 Å². The van der Waals surface area contributed by atoms with Gasteiger partial charge in [-0.2, -0.15) is 5.26 Å². The molecule has 0 radical (unpaired) electrons. The van der Waals surface area contributed by atoms with E-state index in [4.69, 9.17) is 10.00 Å². The van der Waals surface area contributed by atoms with E-state index < -0.39 is 0 Å². The molecule has 0 aliphatic heterocycles. The van der Waals surface area contributed by atoms with Gasteiger partial charge in [0.25, 0.3) is 0 Å². The summed E-state index contributed by atoms with van der Waals surface area (Å²) in [6.45, 7) is 6.04. The number of nitriles is 1. The maximum Gasteiger partial charge on any atom is 0.163 e. The van der Waals surface area contributed by atoms with Crippen LogP contribution in [-0.4, -0.2) is 4.98 Å². The molecule has 1 aromatic carbocycles. The Kier molecular flexibility index (Phi) is 3.29. The van der Waals surface area contributed by atoms with E-state index in [0.29, 0.717) is 11.3 Å². The monoisotopic (exact) mass is 238 g/mol. The zero-order valence-electron chi connectivity index (χ0n) is 10.7. The van der Waals surface area contributed by atoms with Crippen molar-refractivity contribution in [1.29, 1.82) is 5.26 Å². The molecule has 1 heterocycles. The zero-order valence-corrected chi connectivity index (χ0v) is 10.7. The van der Waals surface area contributed by atoms with Gasteiger partial charge in [-0.05, 0) is 43.5 Å². The molecule has 18 heavy (non-hydrogen) atoms. The lowest BCUT2D eigenvalue weighted by Crippen LogP contribution is -1.95. The number of aryl methyl sites for hydroxylation is 2. The molecule has 0 atom stereocenters. The largest absolute Gasteiger partial charge is 0.454 e. The number of hydrogen-bond donors (Lipinski definition) is 0. The molecule has 1 aromatic heterocycles. The van der Waals surface area contributed by atoms with Crippen molar-refractivity contribution < 1.29 is 4.74 Å². The molecule has 0 aliphatic rings. The lowest BCUT2D eigenvalue weighted by Gasteiger charge is -2.13. The van der Waals surface area contributed by atoms with Crippen molar-refractivity contribution in [2.24, 2.45) is 0 Å². The van der Waals surface area contributed by atoms with Crippen molar-refractivity contribution in [2.75, 3.05) is 0 Å². The third-order valence-corrected chi connectivity index (χ3v) is 2.99. The first-order valence-corrected chi connectivity index (χ1v) is 5.72. The first-order chi connectivity index (χ1) is 8.63. The van der Waals surface area contributed by atoms with E-state index in [-0.39, 0.29) is 0 Å². The molecule has 0 bridgehead atoms. The molecule has 0 N–H and O–H groups in total. The van der Waals surface area contributed by atoms with Gasteiger partial charge < -0.3 is 4.74 Å². The number of ether oxygens (including phenoxy) is 1. The Hall–Kier alpha value is -2.34. The van der Waals surface area contributed by atoms with Crippen LogP contribution in [0.15, 0.2) is 30.6 Å². The van der Waals surface area contributed by atoms with Gasteiger partial charge in [-0.15, -0.1) is 0 Å². The fourth-order valence-electron chi connectivity index (χ4n) is 1.75. The topological polar surface area (TPSA) is 45.9 Å². The zero-order chi connectivity index (χ0) is 13.1. The fourth-order valence-corrected chi connectivity index (χ4v) is 1.75. The van der Waals surface area contributed by atoms with Crippen LogP contribution in [0.3, 0.4) is 0 Å². The molecule has 0 saturated carbocycles. The number of benzene rings is 1. The molecular weight excluding hydrogens is 224 g/mol. The molecule has 0 amide bonds. The number of aromatic nitrogens is 1. The highest BCUT2D eigenvalue weighted by Gasteiger charge is 2.10. The van der Waals surface area contributed by atoms with Crippen LogP contribution in [0, 0.1) is 32.1 Å². The Labute approximate surface area is 107 Å². The van der Waals surface area contributed by atoms with Gasteiger partial charge in [0.1, 0.15) is 11.8 Å². The van der Waals surface area contributed by atoms with E-state index in [9.17, 15) is 0 Å². The molecule has 0 saturated heterocycles. The molecular formula is C15H14N2O. The second-order valence-corrected chi connectivity index (χ2v) is 4.24. The van der Waals surface area contributed by atoms with E-state index in [1.807, 2.05) is 26.8 Å². The fraction of sp³-hybridized carbons (Fsp3) is 0.200. The van der Waals surface area contributed by atoms with Gasteiger partial charge in [0.2, 0.25) is 0 Å². The number of hydrogen-bond acceptors (Lipinski definition) is 3. The summed E-state index contributed by atoms with van der Waals surface area (Å²) >= 11 is 0. The van der Waals surface area contributed by atoms with Crippen LogP contribution in [0.1, 0.15) is 22.3 Å². The maximum atomic E-state index is 9.03. The minimum Gasteiger partial charge on any atom is -0.454 e. The predicted molar refractivity (Wildman–Crippen MR) is 69.7 cm³/mol. The van der Waals surface area contributed by atoms with E-state index in [1.165, 1.54) is 0 Å². The molecule has 2 rings (SSSR count). The summed E-state index contributed by atoms with van der Waals surface area (Å²) < 4.78 is 5.86. The summed E-state index contributed by atoms with van der Waals surface area (Å²) in [4.78, 5) is 4.00.